The highest BCUT2D eigenvalue weighted by Gasteiger charge is 2.12. The molecule has 0 heteroatoms. The maximum atomic E-state index is 2.32. The van der Waals surface area contributed by atoms with Gasteiger partial charge >= 0.3 is 0 Å². The van der Waals surface area contributed by atoms with Gasteiger partial charge in [0, 0.05) is 0 Å². The smallest absolute Gasteiger partial charge is 0.0173 e. The van der Waals surface area contributed by atoms with Gasteiger partial charge in [-0.05, 0) is 24.7 Å². The molecule has 0 radical (unpaired) electrons. The maximum absolute atomic E-state index is 2.32. The van der Waals surface area contributed by atoms with E-state index in [1.165, 1.54) is 11.1 Å². The number of allylic oxidation sites excluding steroid dienone is 4. The van der Waals surface area contributed by atoms with E-state index in [2.05, 4.69) is 67.5 Å². The zero-order valence-electron chi connectivity index (χ0n) is 11.2. The Balaban J connectivity index is 4.77. The molecule has 0 aromatic rings. The van der Waals surface area contributed by atoms with Gasteiger partial charge in [0.05, 0.1) is 0 Å². The Morgan fingerprint density at radius 3 is 1.57 bits per heavy atom. The second kappa shape index (κ2) is 4.33. The molecule has 0 aliphatic rings. The predicted molar refractivity (Wildman–Crippen MR) is 66.4 cm³/mol. The standard InChI is InChI=1S/C14H26/c1-11(10-13(3,4)5)9-12(2)14(6,7)8/h9-10H,1-8H3/b11-10-,12-9-. The molecule has 0 aliphatic carbocycles. The van der Waals surface area contributed by atoms with Crippen LogP contribution in [0.1, 0.15) is 55.4 Å². The Morgan fingerprint density at radius 1 is 0.857 bits per heavy atom. The largest absolute Gasteiger partial charge is 0.0762 e. The van der Waals surface area contributed by atoms with Crippen LogP contribution in [0.25, 0.3) is 0 Å². The van der Waals surface area contributed by atoms with Crippen LogP contribution in [0, 0.1) is 10.8 Å². The number of hydrogen-bond donors (Lipinski definition) is 0. The van der Waals surface area contributed by atoms with Crippen LogP contribution in [0.4, 0.5) is 0 Å². The fraction of sp³-hybridized carbons (Fsp3) is 0.714. The van der Waals surface area contributed by atoms with Crippen molar-refractivity contribution in [2.24, 2.45) is 10.8 Å². The molecule has 0 aromatic carbocycles. The van der Waals surface area contributed by atoms with Crippen molar-refractivity contribution < 1.29 is 0 Å². The van der Waals surface area contributed by atoms with Crippen molar-refractivity contribution in [2.45, 2.75) is 55.4 Å². The van der Waals surface area contributed by atoms with Gasteiger partial charge in [0.25, 0.3) is 0 Å². The molecule has 0 fully saturated rings. The van der Waals surface area contributed by atoms with Gasteiger partial charge in [-0.15, -0.1) is 0 Å². The average Bonchev–Trinajstić information content (AvgIpc) is 1.79. The van der Waals surface area contributed by atoms with Crippen molar-refractivity contribution in [1.29, 1.82) is 0 Å². The van der Waals surface area contributed by atoms with Gasteiger partial charge in [0.1, 0.15) is 0 Å². The molecule has 0 aromatic heterocycles. The molecule has 0 N–H and O–H groups in total. The normalized spacial score (nSPS) is 16.0. The third-order valence-electron chi connectivity index (χ3n) is 2.29. The van der Waals surface area contributed by atoms with Crippen molar-refractivity contribution in [3.8, 4) is 0 Å². The highest BCUT2D eigenvalue weighted by Crippen LogP contribution is 2.26. The predicted octanol–water partition coefficient (Wildman–Crippen LogP) is 4.97. The molecule has 0 nitrogen and oxygen atoms in total. The Labute approximate surface area is 90.1 Å². The summed E-state index contributed by atoms with van der Waals surface area (Å²) in [6, 6.07) is 0. The van der Waals surface area contributed by atoms with Crippen molar-refractivity contribution >= 4 is 0 Å². The molecule has 82 valence electrons. The topological polar surface area (TPSA) is 0 Å². The van der Waals surface area contributed by atoms with E-state index in [1.54, 1.807) is 0 Å². The Bertz CT molecular complexity index is 238. The molecule has 0 bridgehead atoms. The van der Waals surface area contributed by atoms with Crippen LogP contribution >= 0.6 is 0 Å². The first kappa shape index (κ1) is 13.5. The Kier molecular flexibility index (Phi) is 4.17. The highest BCUT2D eigenvalue weighted by molar-refractivity contribution is 5.25. The van der Waals surface area contributed by atoms with E-state index in [1.807, 2.05) is 0 Å². The summed E-state index contributed by atoms with van der Waals surface area (Å²) in [5, 5.41) is 0. The lowest BCUT2D eigenvalue weighted by Crippen LogP contribution is -2.07. The summed E-state index contributed by atoms with van der Waals surface area (Å²) in [4.78, 5) is 0. The molecule has 0 saturated heterocycles. The molecular formula is C14H26. The molecule has 0 heterocycles. The van der Waals surface area contributed by atoms with Gasteiger partial charge in [-0.1, -0.05) is 64.8 Å². The maximum Gasteiger partial charge on any atom is -0.0173 e. The van der Waals surface area contributed by atoms with Gasteiger partial charge in [-0.25, -0.2) is 0 Å². The second-order valence-corrected chi connectivity index (χ2v) is 6.33. The average molecular weight is 194 g/mol. The van der Waals surface area contributed by atoms with Crippen LogP contribution in [-0.4, -0.2) is 0 Å². The second-order valence-electron chi connectivity index (χ2n) is 6.33. The molecule has 14 heavy (non-hydrogen) atoms. The quantitative estimate of drug-likeness (QED) is 0.517. The lowest BCUT2D eigenvalue weighted by Gasteiger charge is -2.20. The zero-order chi connectivity index (χ0) is 11.6. The molecule has 0 atom stereocenters. The summed E-state index contributed by atoms with van der Waals surface area (Å²) in [6.45, 7) is 17.8. The molecule has 0 unspecified atom stereocenters. The van der Waals surface area contributed by atoms with Crippen molar-refractivity contribution in [3.63, 3.8) is 0 Å². The molecular weight excluding hydrogens is 168 g/mol. The van der Waals surface area contributed by atoms with E-state index >= 15 is 0 Å². The van der Waals surface area contributed by atoms with Gasteiger partial charge in [-0.2, -0.15) is 0 Å². The van der Waals surface area contributed by atoms with E-state index in [0.29, 0.717) is 0 Å². The summed E-state index contributed by atoms with van der Waals surface area (Å²) in [5.41, 5.74) is 3.37. The minimum atomic E-state index is 0.277. The minimum Gasteiger partial charge on any atom is -0.0762 e. The van der Waals surface area contributed by atoms with Crippen LogP contribution < -0.4 is 0 Å². The molecule has 0 saturated carbocycles. The van der Waals surface area contributed by atoms with Crippen LogP contribution in [-0.2, 0) is 0 Å². The first-order chi connectivity index (χ1) is 6.02. The van der Waals surface area contributed by atoms with E-state index in [0.717, 1.165) is 0 Å². The molecule has 0 aliphatic heterocycles. The Morgan fingerprint density at radius 2 is 1.29 bits per heavy atom. The van der Waals surface area contributed by atoms with E-state index < -0.39 is 0 Å². The fourth-order valence-corrected chi connectivity index (χ4v) is 1.28. The summed E-state index contributed by atoms with van der Waals surface area (Å²) in [5.74, 6) is 0. The summed E-state index contributed by atoms with van der Waals surface area (Å²) >= 11 is 0. The molecule has 0 rings (SSSR count). The zero-order valence-corrected chi connectivity index (χ0v) is 11.2. The van der Waals surface area contributed by atoms with Gasteiger partial charge in [0.15, 0.2) is 0 Å². The lowest BCUT2D eigenvalue weighted by atomic mass is 9.85. The number of rotatable bonds is 1. The van der Waals surface area contributed by atoms with E-state index in [4.69, 9.17) is 0 Å². The van der Waals surface area contributed by atoms with Crippen molar-refractivity contribution in [1.82, 2.24) is 0 Å². The van der Waals surface area contributed by atoms with Crippen LogP contribution in [0.3, 0.4) is 0 Å². The van der Waals surface area contributed by atoms with Crippen LogP contribution in [0.2, 0.25) is 0 Å². The Hall–Kier alpha value is -0.520. The molecule has 0 amide bonds. The van der Waals surface area contributed by atoms with E-state index in [-0.39, 0.29) is 10.8 Å². The van der Waals surface area contributed by atoms with Gasteiger partial charge in [0.2, 0.25) is 0 Å². The minimum absolute atomic E-state index is 0.277. The third kappa shape index (κ3) is 6.01. The summed E-state index contributed by atoms with van der Waals surface area (Å²) in [6.07, 6.45) is 4.62. The first-order valence-electron chi connectivity index (χ1n) is 5.40. The van der Waals surface area contributed by atoms with Gasteiger partial charge < -0.3 is 0 Å². The number of hydrogen-bond acceptors (Lipinski definition) is 0. The lowest BCUT2D eigenvalue weighted by molar-refractivity contribution is 0.502. The van der Waals surface area contributed by atoms with Crippen LogP contribution in [0.15, 0.2) is 23.3 Å². The SMILES string of the molecule is CC(=C/C(C)(C)C)/C=C(/C)C(C)(C)C. The summed E-state index contributed by atoms with van der Waals surface area (Å²) < 4.78 is 0. The van der Waals surface area contributed by atoms with Crippen LogP contribution in [0.5, 0.6) is 0 Å². The van der Waals surface area contributed by atoms with Crippen molar-refractivity contribution in [3.05, 3.63) is 23.3 Å². The van der Waals surface area contributed by atoms with Crippen molar-refractivity contribution in [2.75, 3.05) is 0 Å². The third-order valence-corrected chi connectivity index (χ3v) is 2.29. The highest BCUT2D eigenvalue weighted by atomic mass is 14.2. The fourth-order valence-electron chi connectivity index (χ4n) is 1.28. The monoisotopic (exact) mass is 194 g/mol. The van der Waals surface area contributed by atoms with E-state index in [9.17, 15) is 0 Å². The van der Waals surface area contributed by atoms with Gasteiger partial charge in [-0.3, -0.25) is 0 Å². The summed E-state index contributed by atoms with van der Waals surface area (Å²) in [7, 11) is 0. The first-order valence-corrected chi connectivity index (χ1v) is 5.40. The molecule has 0 spiro atoms.